The molecule has 0 saturated carbocycles. The number of aryl methyl sites for hydroxylation is 2. The summed E-state index contributed by atoms with van der Waals surface area (Å²) in [4.78, 5) is 4.93. The topological polar surface area (TPSA) is 6.48 Å². The molecule has 17 rings (SSSR count). The molecule has 0 spiro atoms. The minimum Gasteiger partial charge on any atom is -0.310 e. The lowest BCUT2D eigenvalue weighted by molar-refractivity contribution is 0.666. The van der Waals surface area contributed by atoms with Crippen LogP contribution in [0.3, 0.4) is 0 Å². The van der Waals surface area contributed by atoms with E-state index in [1.807, 2.05) is 0 Å². The standard InChI is InChI=1S/C82H60N2/c1-49-22-13-15-38-71(49)83(55-29-11-8-12-30-55)57-40-42-61-69(47-57)81(3,4)80-66-37-21-33-60-68(46-54-28-19-35-64(77(61)80)74(54)76(60)66)52-26-17-31-56(44-52)84(72-39-16-14-23-50(72)2)58-41-43-62-70(48-58)82(5,6)79-65-36-20-32-59-67(51-24-9-7-10-25-51)45-53-27-18-34-63(78(62)79)73(53)75(59)65/h7-48H,1-6H3. The molecular weight excluding hydrogens is 1010 g/mol. The van der Waals surface area contributed by atoms with Crippen LogP contribution in [-0.2, 0) is 10.8 Å². The van der Waals surface area contributed by atoms with Gasteiger partial charge in [0.05, 0.1) is 0 Å². The van der Waals surface area contributed by atoms with E-state index in [0.717, 1.165) is 22.7 Å². The number of anilines is 6. The van der Waals surface area contributed by atoms with Gasteiger partial charge >= 0.3 is 0 Å². The second-order valence-electron chi connectivity index (χ2n) is 24.8. The van der Waals surface area contributed by atoms with Gasteiger partial charge in [-0.25, -0.2) is 0 Å². The first-order valence-corrected chi connectivity index (χ1v) is 29.7. The Morgan fingerprint density at radius 2 is 0.667 bits per heavy atom. The third-order valence-corrected chi connectivity index (χ3v) is 19.5. The van der Waals surface area contributed by atoms with Gasteiger partial charge in [-0.05, 0) is 229 Å². The van der Waals surface area contributed by atoms with Gasteiger partial charge < -0.3 is 9.80 Å². The molecule has 2 aliphatic carbocycles. The predicted octanol–water partition coefficient (Wildman–Crippen LogP) is 23.0. The highest BCUT2D eigenvalue weighted by atomic mass is 15.1. The molecule has 0 aliphatic heterocycles. The van der Waals surface area contributed by atoms with E-state index in [9.17, 15) is 0 Å². The third-order valence-electron chi connectivity index (χ3n) is 19.5. The smallest absolute Gasteiger partial charge is 0.0490 e. The van der Waals surface area contributed by atoms with Crippen LogP contribution in [0.25, 0.3) is 109 Å². The first-order chi connectivity index (χ1) is 41.0. The van der Waals surface area contributed by atoms with Crippen LogP contribution in [0, 0.1) is 13.8 Å². The zero-order chi connectivity index (χ0) is 56.3. The summed E-state index contributed by atoms with van der Waals surface area (Å²) in [6, 6.07) is 96.1. The molecule has 2 aliphatic rings. The predicted molar refractivity (Wildman–Crippen MR) is 359 cm³/mol. The molecule has 2 nitrogen and oxygen atoms in total. The van der Waals surface area contributed by atoms with Gasteiger partial charge in [-0.2, -0.15) is 0 Å². The van der Waals surface area contributed by atoms with E-state index in [0.29, 0.717) is 0 Å². The van der Waals surface area contributed by atoms with E-state index in [2.05, 4.69) is 306 Å². The molecule has 0 radical (unpaired) electrons. The summed E-state index contributed by atoms with van der Waals surface area (Å²) in [5.74, 6) is 0. The van der Waals surface area contributed by atoms with Crippen LogP contribution in [0.2, 0.25) is 0 Å². The number of nitrogens with zero attached hydrogens (tertiary/aromatic N) is 2. The Morgan fingerprint density at radius 3 is 1.19 bits per heavy atom. The molecule has 0 heterocycles. The molecule has 0 bridgehead atoms. The van der Waals surface area contributed by atoms with Crippen molar-refractivity contribution in [2.45, 2.75) is 52.4 Å². The van der Waals surface area contributed by atoms with Crippen LogP contribution in [0.1, 0.15) is 61.1 Å². The normalized spacial score (nSPS) is 13.8. The average molecular weight is 1070 g/mol. The first-order valence-electron chi connectivity index (χ1n) is 29.7. The van der Waals surface area contributed by atoms with Crippen LogP contribution in [-0.4, -0.2) is 0 Å². The molecule has 15 aromatic carbocycles. The van der Waals surface area contributed by atoms with E-state index in [-0.39, 0.29) is 10.8 Å². The molecule has 0 fully saturated rings. The quantitative estimate of drug-likeness (QED) is 0.140. The van der Waals surface area contributed by atoms with Gasteiger partial charge in [0.15, 0.2) is 0 Å². The van der Waals surface area contributed by atoms with Gasteiger partial charge in [-0.3, -0.25) is 0 Å². The fourth-order valence-corrected chi connectivity index (χ4v) is 15.8. The Labute approximate surface area is 490 Å². The van der Waals surface area contributed by atoms with Crippen molar-refractivity contribution in [2.75, 3.05) is 9.80 Å². The molecule has 84 heavy (non-hydrogen) atoms. The Hall–Kier alpha value is -10.0. The van der Waals surface area contributed by atoms with Crippen molar-refractivity contribution < 1.29 is 0 Å². The zero-order valence-electron chi connectivity index (χ0n) is 48.1. The highest BCUT2D eigenvalue weighted by Gasteiger charge is 2.42. The summed E-state index contributed by atoms with van der Waals surface area (Å²) in [5, 5.41) is 15.9. The van der Waals surface area contributed by atoms with Crippen molar-refractivity contribution in [1.82, 2.24) is 0 Å². The fraction of sp³-hybridized carbons (Fsp3) is 0.0976. The van der Waals surface area contributed by atoms with Gasteiger partial charge in [0.1, 0.15) is 0 Å². The van der Waals surface area contributed by atoms with Crippen LogP contribution in [0.15, 0.2) is 255 Å². The van der Waals surface area contributed by atoms with Gasteiger partial charge in [0, 0.05) is 45.0 Å². The highest BCUT2D eigenvalue weighted by molar-refractivity contribution is 6.33. The number of hydrogen-bond donors (Lipinski definition) is 0. The largest absolute Gasteiger partial charge is 0.310 e. The number of fused-ring (bicyclic) bond motifs is 10. The lowest BCUT2D eigenvalue weighted by Gasteiger charge is -2.30. The Morgan fingerprint density at radius 1 is 0.274 bits per heavy atom. The van der Waals surface area contributed by atoms with Crippen molar-refractivity contribution in [2.24, 2.45) is 0 Å². The molecule has 0 atom stereocenters. The monoisotopic (exact) mass is 1070 g/mol. The lowest BCUT2D eigenvalue weighted by atomic mass is 9.77. The van der Waals surface area contributed by atoms with E-state index >= 15 is 0 Å². The van der Waals surface area contributed by atoms with E-state index < -0.39 is 0 Å². The minimum absolute atomic E-state index is 0.289. The number of benzene rings is 15. The number of rotatable bonds is 8. The van der Waals surface area contributed by atoms with Crippen molar-refractivity contribution in [3.63, 3.8) is 0 Å². The third kappa shape index (κ3) is 6.74. The summed E-state index contributed by atoms with van der Waals surface area (Å²) >= 11 is 0. The fourth-order valence-electron chi connectivity index (χ4n) is 15.8. The molecule has 0 saturated heterocycles. The van der Waals surface area contributed by atoms with Gasteiger partial charge in [0.25, 0.3) is 0 Å². The van der Waals surface area contributed by atoms with Gasteiger partial charge in [-0.15, -0.1) is 0 Å². The van der Waals surface area contributed by atoms with E-state index in [1.54, 1.807) is 0 Å². The van der Waals surface area contributed by atoms with Crippen LogP contribution in [0.4, 0.5) is 34.1 Å². The summed E-state index contributed by atoms with van der Waals surface area (Å²) in [7, 11) is 0. The van der Waals surface area contributed by atoms with Gasteiger partial charge in [0.2, 0.25) is 0 Å². The average Bonchev–Trinajstić information content (AvgIpc) is 1.49. The van der Waals surface area contributed by atoms with Crippen LogP contribution in [0.5, 0.6) is 0 Å². The van der Waals surface area contributed by atoms with Crippen LogP contribution < -0.4 is 9.80 Å². The summed E-state index contributed by atoms with van der Waals surface area (Å²) < 4.78 is 0. The second kappa shape index (κ2) is 17.7. The highest BCUT2D eigenvalue weighted by Crippen LogP contribution is 2.60. The van der Waals surface area contributed by atoms with Gasteiger partial charge in [-0.1, -0.05) is 210 Å². The van der Waals surface area contributed by atoms with E-state index in [4.69, 9.17) is 0 Å². The molecule has 0 amide bonds. The molecule has 398 valence electrons. The number of hydrogen-bond acceptors (Lipinski definition) is 2. The summed E-state index contributed by atoms with van der Waals surface area (Å²) in [6.45, 7) is 14.3. The molecule has 0 aromatic heterocycles. The summed E-state index contributed by atoms with van der Waals surface area (Å²) in [6.07, 6.45) is 0. The van der Waals surface area contributed by atoms with Crippen molar-refractivity contribution >= 4 is 98.8 Å². The summed E-state index contributed by atoms with van der Waals surface area (Å²) in [5.41, 5.74) is 24.7. The van der Waals surface area contributed by atoms with Crippen molar-refractivity contribution in [3.8, 4) is 44.5 Å². The van der Waals surface area contributed by atoms with Crippen molar-refractivity contribution in [3.05, 3.63) is 288 Å². The maximum Gasteiger partial charge on any atom is 0.0490 e. The molecule has 15 aromatic rings. The lowest BCUT2D eigenvalue weighted by Crippen LogP contribution is -2.17. The molecule has 0 unspecified atom stereocenters. The molecule has 0 N–H and O–H groups in total. The maximum atomic E-state index is 2.51. The number of para-hydroxylation sites is 3. The maximum absolute atomic E-state index is 2.51. The van der Waals surface area contributed by atoms with Crippen LogP contribution >= 0.6 is 0 Å². The molecule has 2 heteroatoms. The molecular formula is C82H60N2. The Kier molecular flexibility index (Phi) is 10.3. The second-order valence-corrected chi connectivity index (χ2v) is 24.8. The minimum atomic E-state index is -0.293. The Balaban J connectivity index is 0.817. The van der Waals surface area contributed by atoms with Crippen molar-refractivity contribution in [1.29, 1.82) is 0 Å². The Bertz CT molecular complexity index is 5220. The SMILES string of the molecule is Cc1ccccc1N(c1ccccc1)c1ccc2c(c1)C(C)(C)c1c-2c2cccc3cc(-c4cccc(N(c5ccc6c(c5)C(C)(C)c5c-6c6cccc7cc(-c8ccccc8)c8cccc5c8c76)c5ccccc5C)c4)c4cccc1c4c32. The first kappa shape index (κ1) is 48.7. The van der Waals surface area contributed by atoms with E-state index in [1.165, 1.54) is 154 Å². The zero-order valence-corrected chi connectivity index (χ0v) is 48.1.